The zero-order chi connectivity index (χ0) is 25.5. The quantitative estimate of drug-likeness (QED) is 0.469. The Morgan fingerprint density at radius 1 is 1.06 bits per heavy atom. The molecule has 1 aliphatic rings. The zero-order valence-corrected chi connectivity index (χ0v) is 20.6. The van der Waals surface area contributed by atoms with Crippen molar-refractivity contribution in [2.45, 2.75) is 33.7 Å². The number of hydrogen-bond donors (Lipinski definition) is 3. The average molecular weight is 482 g/mol. The molecule has 0 radical (unpaired) electrons. The molecule has 35 heavy (non-hydrogen) atoms. The van der Waals surface area contributed by atoms with Gasteiger partial charge in [0.1, 0.15) is 0 Å². The summed E-state index contributed by atoms with van der Waals surface area (Å²) < 4.78 is 16.5. The molecule has 1 atom stereocenters. The lowest BCUT2D eigenvalue weighted by molar-refractivity contribution is -0.140. The van der Waals surface area contributed by atoms with Crippen LogP contribution >= 0.6 is 0 Å². The molecule has 9 heteroatoms. The molecule has 2 aromatic carbocycles. The first kappa shape index (κ1) is 25.6. The number of amides is 3. The van der Waals surface area contributed by atoms with Gasteiger partial charge in [0.25, 0.3) is 5.91 Å². The third kappa shape index (κ3) is 6.75. The standard InChI is InChI=1S/C26H31N3O6/c1-15(2)13-35-25(31)23-17(4)27-26(32)29-24(23)18-8-11-20(21(12-18)33-5)34-14-22(30)28-19-9-6-16(3)7-10-19/h6-12,15,24H,13-14H2,1-5H3,(H,28,30)(H2,27,29,32). The molecular formula is C26H31N3O6. The third-order valence-electron chi connectivity index (χ3n) is 5.25. The molecule has 1 heterocycles. The molecule has 0 spiro atoms. The van der Waals surface area contributed by atoms with Crippen molar-refractivity contribution in [1.29, 1.82) is 0 Å². The summed E-state index contributed by atoms with van der Waals surface area (Å²) in [4.78, 5) is 37.2. The Labute approximate surface area is 204 Å². The highest BCUT2D eigenvalue weighted by Crippen LogP contribution is 2.34. The fourth-order valence-corrected chi connectivity index (χ4v) is 3.49. The fourth-order valence-electron chi connectivity index (χ4n) is 3.49. The molecule has 3 amide bonds. The van der Waals surface area contributed by atoms with E-state index in [4.69, 9.17) is 14.2 Å². The summed E-state index contributed by atoms with van der Waals surface area (Å²) in [6, 6.07) is 11.3. The Kier molecular flexibility index (Phi) is 8.35. The second-order valence-electron chi connectivity index (χ2n) is 8.68. The Hall–Kier alpha value is -4.01. The number of carbonyl (C=O) groups excluding carboxylic acids is 3. The summed E-state index contributed by atoms with van der Waals surface area (Å²) >= 11 is 0. The van der Waals surface area contributed by atoms with Gasteiger partial charge in [-0.25, -0.2) is 9.59 Å². The number of allylic oxidation sites excluding steroid dienone is 1. The number of aryl methyl sites for hydroxylation is 1. The van der Waals surface area contributed by atoms with Crippen LogP contribution in [-0.4, -0.2) is 38.2 Å². The van der Waals surface area contributed by atoms with Crippen LogP contribution in [0.3, 0.4) is 0 Å². The van der Waals surface area contributed by atoms with Gasteiger partial charge in [0.2, 0.25) is 0 Å². The molecule has 3 rings (SSSR count). The molecule has 0 aliphatic carbocycles. The van der Waals surface area contributed by atoms with Crippen LogP contribution in [0.5, 0.6) is 11.5 Å². The average Bonchev–Trinajstić information content (AvgIpc) is 2.82. The second kappa shape index (κ2) is 11.4. The number of methoxy groups -OCH3 is 1. The molecular weight excluding hydrogens is 450 g/mol. The molecule has 0 bridgehead atoms. The SMILES string of the molecule is COc1cc(C2NC(=O)NC(C)=C2C(=O)OCC(C)C)ccc1OCC(=O)Nc1ccc(C)cc1. The number of hydrogen-bond acceptors (Lipinski definition) is 6. The molecule has 0 saturated heterocycles. The van der Waals surface area contributed by atoms with Crippen molar-refractivity contribution in [3.8, 4) is 11.5 Å². The van der Waals surface area contributed by atoms with Gasteiger partial charge in [-0.15, -0.1) is 0 Å². The zero-order valence-electron chi connectivity index (χ0n) is 20.6. The minimum atomic E-state index is -0.740. The minimum Gasteiger partial charge on any atom is -0.493 e. The van der Waals surface area contributed by atoms with Gasteiger partial charge in [0, 0.05) is 11.4 Å². The van der Waals surface area contributed by atoms with Crippen LogP contribution in [0.2, 0.25) is 0 Å². The number of benzene rings is 2. The Bertz CT molecular complexity index is 1120. The Balaban J connectivity index is 1.75. The summed E-state index contributed by atoms with van der Waals surface area (Å²) in [6.07, 6.45) is 0. The predicted octanol–water partition coefficient (Wildman–Crippen LogP) is 3.85. The fraction of sp³-hybridized carbons (Fsp3) is 0.346. The van der Waals surface area contributed by atoms with Gasteiger partial charge in [-0.3, -0.25) is 4.79 Å². The number of urea groups is 1. The summed E-state index contributed by atoms with van der Waals surface area (Å²) in [5, 5.41) is 8.16. The maximum Gasteiger partial charge on any atom is 0.338 e. The van der Waals surface area contributed by atoms with Crippen molar-refractivity contribution in [1.82, 2.24) is 10.6 Å². The largest absolute Gasteiger partial charge is 0.493 e. The number of carbonyl (C=O) groups is 3. The van der Waals surface area contributed by atoms with Gasteiger partial charge in [-0.05, 0) is 49.6 Å². The van der Waals surface area contributed by atoms with Gasteiger partial charge in [0.15, 0.2) is 18.1 Å². The number of nitrogens with one attached hydrogen (secondary N) is 3. The van der Waals surface area contributed by atoms with E-state index in [1.54, 1.807) is 25.1 Å². The molecule has 1 unspecified atom stereocenters. The normalized spacial score (nSPS) is 15.3. The van der Waals surface area contributed by atoms with Gasteiger partial charge in [0.05, 0.1) is 25.3 Å². The van der Waals surface area contributed by atoms with Gasteiger partial charge >= 0.3 is 12.0 Å². The minimum absolute atomic E-state index is 0.171. The van der Waals surface area contributed by atoms with Crippen molar-refractivity contribution >= 4 is 23.6 Å². The lowest BCUT2D eigenvalue weighted by Crippen LogP contribution is -2.45. The number of anilines is 1. The van der Waals surface area contributed by atoms with Crippen molar-refractivity contribution in [2.75, 3.05) is 25.6 Å². The van der Waals surface area contributed by atoms with Gasteiger partial charge < -0.3 is 30.2 Å². The van der Waals surface area contributed by atoms with Crippen molar-refractivity contribution in [2.24, 2.45) is 5.92 Å². The lowest BCUT2D eigenvalue weighted by atomic mass is 9.95. The second-order valence-corrected chi connectivity index (χ2v) is 8.68. The van der Waals surface area contributed by atoms with E-state index in [9.17, 15) is 14.4 Å². The maximum absolute atomic E-state index is 12.8. The molecule has 0 fully saturated rings. The highest BCUT2D eigenvalue weighted by Gasteiger charge is 2.33. The number of rotatable bonds is 9. The van der Waals surface area contributed by atoms with Crippen LogP contribution in [-0.2, 0) is 14.3 Å². The predicted molar refractivity (Wildman–Crippen MR) is 131 cm³/mol. The smallest absolute Gasteiger partial charge is 0.338 e. The molecule has 0 aromatic heterocycles. The van der Waals surface area contributed by atoms with E-state index >= 15 is 0 Å². The molecule has 2 aromatic rings. The van der Waals surface area contributed by atoms with E-state index in [2.05, 4.69) is 16.0 Å². The summed E-state index contributed by atoms with van der Waals surface area (Å²) in [5.74, 6) is 0.0375. The van der Waals surface area contributed by atoms with E-state index in [1.165, 1.54) is 7.11 Å². The summed E-state index contributed by atoms with van der Waals surface area (Å²) in [6.45, 7) is 7.54. The third-order valence-corrected chi connectivity index (χ3v) is 5.25. The monoisotopic (exact) mass is 481 g/mol. The summed E-state index contributed by atoms with van der Waals surface area (Å²) in [7, 11) is 1.47. The van der Waals surface area contributed by atoms with E-state index in [0.717, 1.165) is 5.56 Å². The van der Waals surface area contributed by atoms with E-state index < -0.39 is 18.0 Å². The molecule has 9 nitrogen and oxygen atoms in total. The van der Waals surface area contributed by atoms with Crippen LogP contribution in [0.15, 0.2) is 53.7 Å². The van der Waals surface area contributed by atoms with Crippen LogP contribution in [0.4, 0.5) is 10.5 Å². The Morgan fingerprint density at radius 3 is 2.43 bits per heavy atom. The van der Waals surface area contributed by atoms with E-state index in [0.29, 0.717) is 34.0 Å². The van der Waals surface area contributed by atoms with Gasteiger partial charge in [-0.2, -0.15) is 0 Å². The highest BCUT2D eigenvalue weighted by atomic mass is 16.5. The first-order valence-corrected chi connectivity index (χ1v) is 11.3. The molecule has 1 aliphatic heterocycles. The van der Waals surface area contributed by atoms with E-state index in [-0.39, 0.29) is 25.0 Å². The molecule has 0 saturated carbocycles. The van der Waals surface area contributed by atoms with Crippen molar-refractivity contribution < 1.29 is 28.6 Å². The summed E-state index contributed by atoms with van der Waals surface area (Å²) in [5.41, 5.74) is 3.09. The first-order valence-electron chi connectivity index (χ1n) is 11.3. The van der Waals surface area contributed by atoms with Crippen LogP contribution in [0.1, 0.15) is 37.9 Å². The first-order chi connectivity index (χ1) is 16.7. The molecule has 186 valence electrons. The van der Waals surface area contributed by atoms with Gasteiger partial charge in [-0.1, -0.05) is 37.6 Å². The number of ether oxygens (including phenoxy) is 3. The van der Waals surface area contributed by atoms with Crippen LogP contribution in [0, 0.1) is 12.8 Å². The maximum atomic E-state index is 12.8. The molecule has 3 N–H and O–H groups in total. The van der Waals surface area contributed by atoms with Crippen molar-refractivity contribution in [3.05, 3.63) is 64.9 Å². The van der Waals surface area contributed by atoms with Crippen molar-refractivity contribution in [3.63, 3.8) is 0 Å². The van der Waals surface area contributed by atoms with Crippen LogP contribution in [0.25, 0.3) is 0 Å². The highest BCUT2D eigenvalue weighted by molar-refractivity contribution is 5.95. The lowest BCUT2D eigenvalue weighted by Gasteiger charge is -2.28. The number of esters is 1. The van der Waals surface area contributed by atoms with Crippen LogP contribution < -0.4 is 25.4 Å². The Morgan fingerprint density at radius 2 is 1.77 bits per heavy atom. The topological polar surface area (TPSA) is 115 Å². The van der Waals surface area contributed by atoms with E-state index in [1.807, 2.05) is 45.0 Å².